The zero-order valence-corrected chi connectivity index (χ0v) is 14.6. The van der Waals surface area contributed by atoms with E-state index in [9.17, 15) is 9.59 Å². The van der Waals surface area contributed by atoms with Crippen LogP contribution in [0, 0.1) is 0 Å². The van der Waals surface area contributed by atoms with Crippen molar-refractivity contribution in [3.05, 3.63) is 28.5 Å². The summed E-state index contributed by atoms with van der Waals surface area (Å²) in [4.78, 5) is 30.0. The fraction of sp³-hybridized carbons (Fsp3) is 0.533. The van der Waals surface area contributed by atoms with Gasteiger partial charge in [0.05, 0.1) is 6.04 Å². The minimum atomic E-state index is -0.595. The molecule has 0 N–H and O–H groups in total. The minimum Gasteiger partial charge on any atom is -0.444 e. The molecule has 1 aromatic heterocycles. The SMILES string of the molecule is CCC(C(=O)c1ccc(Br)cn1)N(C)C(=O)OC(C)(C)C. The fourth-order valence-corrected chi connectivity index (χ4v) is 2.02. The molecule has 21 heavy (non-hydrogen) atoms. The number of carbonyl (C=O) groups excluding carboxylic acids is 2. The average Bonchev–Trinajstić information content (AvgIpc) is 2.38. The fourth-order valence-electron chi connectivity index (χ4n) is 1.79. The highest BCUT2D eigenvalue weighted by atomic mass is 79.9. The van der Waals surface area contributed by atoms with Gasteiger partial charge in [0.2, 0.25) is 5.78 Å². The van der Waals surface area contributed by atoms with Gasteiger partial charge in [-0.25, -0.2) is 4.79 Å². The third-order valence-corrected chi connectivity index (χ3v) is 3.29. The van der Waals surface area contributed by atoms with Crippen molar-refractivity contribution in [3.8, 4) is 0 Å². The van der Waals surface area contributed by atoms with Gasteiger partial charge in [-0.1, -0.05) is 6.92 Å². The number of likely N-dealkylation sites (N-methyl/N-ethyl adjacent to an activating group) is 1. The maximum absolute atomic E-state index is 12.5. The highest BCUT2D eigenvalue weighted by Crippen LogP contribution is 2.16. The molecule has 1 rings (SSSR count). The molecular weight excluding hydrogens is 336 g/mol. The van der Waals surface area contributed by atoms with Crippen LogP contribution in [0.5, 0.6) is 0 Å². The summed E-state index contributed by atoms with van der Waals surface area (Å²) in [6.45, 7) is 7.22. The van der Waals surface area contributed by atoms with Crippen molar-refractivity contribution < 1.29 is 14.3 Å². The molecule has 1 heterocycles. The number of halogens is 1. The van der Waals surface area contributed by atoms with Gasteiger partial charge in [-0.3, -0.25) is 9.78 Å². The standard InChI is InChI=1S/C15H21BrN2O3/c1-6-12(18(5)14(20)21-15(2,3)4)13(19)11-8-7-10(16)9-17-11/h7-9,12H,6H2,1-5H3. The molecular formula is C15H21BrN2O3. The van der Waals surface area contributed by atoms with Crippen LogP contribution in [0.2, 0.25) is 0 Å². The van der Waals surface area contributed by atoms with Gasteiger partial charge in [0.1, 0.15) is 11.3 Å². The first kappa shape index (κ1) is 17.6. The zero-order valence-electron chi connectivity index (χ0n) is 13.0. The van der Waals surface area contributed by atoms with Crippen molar-refractivity contribution in [2.75, 3.05) is 7.05 Å². The summed E-state index contributed by atoms with van der Waals surface area (Å²) in [5.41, 5.74) is -0.261. The second-order valence-corrected chi connectivity index (χ2v) is 6.66. The first-order chi connectivity index (χ1) is 9.65. The zero-order chi connectivity index (χ0) is 16.2. The van der Waals surface area contributed by atoms with Gasteiger partial charge in [-0.15, -0.1) is 0 Å². The van der Waals surface area contributed by atoms with E-state index >= 15 is 0 Å². The predicted molar refractivity (Wildman–Crippen MR) is 84.3 cm³/mol. The van der Waals surface area contributed by atoms with Gasteiger partial charge in [-0.2, -0.15) is 0 Å². The highest BCUT2D eigenvalue weighted by Gasteiger charge is 2.30. The minimum absolute atomic E-state index is 0.196. The molecule has 1 amide bonds. The van der Waals surface area contributed by atoms with Gasteiger partial charge in [-0.05, 0) is 55.3 Å². The Morgan fingerprint density at radius 3 is 2.43 bits per heavy atom. The molecule has 1 aromatic rings. The van der Waals surface area contributed by atoms with Crippen LogP contribution in [0.3, 0.4) is 0 Å². The molecule has 1 atom stereocenters. The lowest BCUT2D eigenvalue weighted by atomic mass is 10.1. The Balaban J connectivity index is 2.88. The number of rotatable bonds is 4. The van der Waals surface area contributed by atoms with E-state index in [-0.39, 0.29) is 5.78 Å². The Hall–Kier alpha value is -1.43. The van der Waals surface area contributed by atoms with Crippen LogP contribution in [0.1, 0.15) is 44.6 Å². The molecule has 1 unspecified atom stereocenters. The van der Waals surface area contributed by atoms with E-state index in [0.29, 0.717) is 12.1 Å². The number of nitrogens with zero attached hydrogens (tertiary/aromatic N) is 2. The van der Waals surface area contributed by atoms with Gasteiger partial charge in [0, 0.05) is 17.7 Å². The molecule has 0 radical (unpaired) electrons. The first-order valence-electron chi connectivity index (χ1n) is 6.77. The van der Waals surface area contributed by atoms with E-state index in [1.165, 1.54) is 4.90 Å². The third kappa shape index (κ3) is 5.12. The van der Waals surface area contributed by atoms with Gasteiger partial charge in [0.15, 0.2) is 0 Å². The Morgan fingerprint density at radius 2 is 2.00 bits per heavy atom. The van der Waals surface area contributed by atoms with Crippen molar-refractivity contribution in [1.29, 1.82) is 0 Å². The number of carbonyl (C=O) groups is 2. The normalized spacial score (nSPS) is 12.7. The number of aromatic nitrogens is 1. The second-order valence-electron chi connectivity index (χ2n) is 5.74. The Kier molecular flexibility index (Phi) is 5.89. The lowest BCUT2D eigenvalue weighted by Gasteiger charge is -2.29. The molecule has 0 saturated heterocycles. The molecule has 0 aliphatic rings. The Labute approximate surface area is 133 Å². The number of amides is 1. The van der Waals surface area contributed by atoms with Crippen LogP contribution < -0.4 is 0 Å². The monoisotopic (exact) mass is 356 g/mol. The van der Waals surface area contributed by atoms with Crippen molar-refractivity contribution in [2.24, 2.45) is 0 Å². The average molecular weight is 357 g/mol. The number of ether oxygens (including phenoxy) is 1. The summed E-state index contributed by atoms with van der Waals surface area (Å²) in [5, 5.41) is 0. The summed E-state index contributed by atoms with van der Waals surface area (Å²) < 4.78 is 6.09. The number of Topliss-reactive ketones (excluding diaryl/α,β-unsaturated/α-hetero) is 1. The topological polar surface area (TPSA) is 59.5 Å². The molecule has 116 valence electrons. The molecule has 0 saturated carbocycles. The van der Waals surface area contributed by atoms with E-state index in [4.69, 9.17) is 4.74 Å². The molecule has 0 bridgehead atoms. The van der Waals surface area contributed by atoms with E-state index < -0.39 is 17.7 Å². The number of pyridine rings is 1. The van der Waals surface area contributed by atoms with Crippen LogP contribution in [0.4, 0.5) is 4.79 Å². The highest BCUT2D eigenvalue weighted by molar-refractivity contribution is 9.10. The van der Waals surface area contributed by atoms with Crippen molar-refractivity contribution in [2.45, 2.75) is 45.8 Å². The van der Waals surface area contributed by atoms with Crippen molar-refractivity contribution in [3.63, 3.8) is 0 Å². The van der Waals surface area contributed by atoms with Gasteiger partial charge >= 0.3 is 6.09 Å². The van der Waals surface area contributed by atoms with Crippen LogP contribution in [-0.2, 0) is 4.74 Å². The maximum Gasteiger partial charge on any atom is 0.410 e. The van der Waals surface area contributed by atoms with E-state index in [0.717, 1.165) is 4.47 Å². The summed E-state index contributed by atoms with van der Waals surface area (Å²) in [6.07, 6.45) is 1.54. The Bertz CT molecular complexity index is 509. The molecule has 6 heteroatoms. The largest absolute Gasteiger partial charge is 0.444 e. The summed E-state index contributed by atoms with van der Waals surface area (Å²) in [7, 11) is 1.57. The third-order valence-electron chi connectivity index (χ3n) is 2.82. The van der Waals surface area contributed by atoms with Crippen LogP contribution in [-0.4, -0.2) is 40.5 Å². The quantitative estimate of drug-likeness (QED) is 0.772. The first-order valence-corrected chi connectivity index (χ1v) is 7.56. The van der Waals surface area contributed by atoms with Crippen LogP contribution >= 0.6 is 15.9 Å². The lowest BCUT2D eigenvalue weighted by molar-refractivity contribution is 0.0214. The maximum atomic E-state index is 12.5. The lowest BCUT2D eigenvalue weighted by Crippen LogP contribution is -2.44. The van der Waals surface area contributed by atoms with Crippen molar-refractivity contribution in [1.82, 2.24) is 9.88 Å². The molecule has 0 spiro atoms. The van der Waals surface area contributed by atoms with E-state index in [1.54, 1.807) is 46.1 Å². The number of hydrogen-bond acceptors (Lipinski definition) is 4. The summed E-state index contributed by atoms with van der Waals surface area (Å²) in [5.74, 6) is -0.196. The molecule has 0 fully saturated rings. The van der Waals surface area contributed by atoms with Crippen LogP contribution in [0.25, 0.3) is 0 Å². The van der Waals surface area contributed by atoms with Crippen LogP contribution in [0.15, 0.2) is 22.8 Å². The second kappa shape index (κ2) is 7.02. The van der Waals surface area contributed by atoms with Gasteiger partial charge < -0.3 is 9.64 Å². The van der Waals surface area contributed by atoms with Gasteiger partial charge in [0.25, 0.3) is 0 Å². The van der Waals surface area contributed by atoms with E-state index in [2.05, 4.69) is 20.9 Å². The molecule has 0 aromatic carbocycles. The summed E-state index contributed by atoms with van der Waals surface area (Å²) in [6, 6.07) is 2.80. The summed E-state index contributed by atoms with van der Waals surface area (Å²) >= 11 is 3.28. The smallest absolute Gasteiger partial charge is 0.410 e. The molecule has 5 nitrogen and oxygen atoms in total. The molecule has 0 aliphatic carbocycles. The number of ketones is 1. The van der Waals surface area contributed by atoms with E-state index in [1.807, 2.05) is 6.92 Å². The number of hydrogen-bond donors (Lipinski definition) is 0. The molecule has 0 aliphatic heterocycles. The Morgan fingerprint density at radius 1 is 1.38 bits per heavy atom. The predicted octanol–water partition coefficient (Wildman–Crippen LogP) is 3.67. The van der Waals surface area contributed by atoms with Crippen molar-refractivity contribution >= 4 is 27.8 Å².